The summed E-state index contributed by atoms with van der Waals surface area (Å²) in [7, 11) is -4.56. The smallest absolute Gasteiger partial charge is 0.742 e. The Labute approximate surface area is 135 Å². The first-order chi connectivity index (χ1) is 8.43. The van der Waals surface area contributed by atoms with Crippen molar-refractivity contribution in [2.75, 3.05) is 6.54 Å². The Morgan fingerprint density at radius 2 is 2.11 bits per heavy atom. The number of hydrogen-bond donors (Lipinski definition) is 1. The van der Waals surface area contributed by atoms with Crippen LogP contribution in [0.2, 0.25) is 0 Å². The molecule has 0 saturated carbocycles. The summed E-state index contributed by atoms with van der Waals surface area (Å²) in [6, 6.07) is 2.50. The maximum Gasteiger partial charge on any atom is 1.00 e. The molecule has 0 atom stereocenters. The van der Waals surface area contributed by atoms with Crippen LogP contribution in [0, 0.1) is 0 Å². The second kappa shape index (κ2) is 8.76. The number of hydrogen-bond acceptors (Lipinski definition) is 5. The third-order valence-electron chi connectivity index (χ3n) is 2.33. The fourth-order valence-corrected chi connectivity index (χ4v) is 1.80. The molecule has 0 bridgehead atoms. The molecule has 1 amide bonds. The van der Waals surface area contributed by atoms with Gasteiger partial charge >= 0.3 is 29.6 Å². The Bertz CT molecular complexity index is 497. The van der Waals surface area contributed by atoms with Crippen LogP contribution in [-0.4, -0.2) is 25.4 Å². The molecular formula is C11H16NNaO5S. The van der Waals surface area contributed by atoms with Crippen molar-refractivity contribution in [3.05, 3.63) is 17.9 Å². The minimum Gasteiger partial charge on any atom is -0.742 e. The van der Waals surface area contributed by atoms with Gasteiger partial charge in [0.2, 0.25) is 11.0 Å². The minimum atomic E-state index is -4.56. The molecule has 0 aliphatic heterocycles. The van der Waals surface area contributed by atoms with Gasteiger partial charge in [0, 0.05) is 19.4 Å². The van der Waals surface area contributed by atoms with Crippen molar-refractivity contribution in [3.8, 4) is 0 Å². The van der Waals surface area contributed by atoms with Gasteiger partial charge in [-0.25, -0.2) is 8.42 Å². The molecule has 0 radical (unpaired) electrons. The first kappa shape index (κ1) is 18.7. The van der Waals surface area contributed by atoms with Gasteiger partial charge in [-0.2, -0.15) is 0 Å². The molecule has 0 aliphatic carbocycles. The number of furan rings is 1. The van der Waals surface area contributed by atoms with Crippen LogP contribution in [0.25, 0.3) is 0 Å². The van der Waals surface area contributed by atoms with Crippen molar-refractivity contribution in [1.82, 2.24) is 5.32 Å². The topological polar surface area (TPSA) is 99.4 Å². The first-order valence-corrected chi connectivity index (χ1v) is 7.15. The number of amides is 1. The van der Waals surface area contributed by atoms with Gasteiger partial charge in [0.1, 0.15) is 5.76 Å². The summed E-state index contributed by atoms with van der Waals surface area (Å²) >= 11 is 0. The largest absolute Gasteiger partial charge is 1.00 e. The molecule has 1 aromatic heterocycles. The van der Waals surface area contributed by atoms with Crippen LogP contribution in [0.15, 0.2) is 21.6 Å². The summed E-state index contributed by atoms with van der Waals surface area (Å²) in [4.78, 5) is 11.4. The molecule has 1 N–H and O–H groups in total. The zero-order chi connectivity index (χ0) is 13.6. The molecule has 6 nitrogen and oxygen atoms in total. The van der Waals surface area contributed by atoms with E-state index in [-0.39, 0.29) is 48.3 Å². The predicted octanol–water partition coefficient (Wildman–Crippen LogP) is -1.96. The van der Waals surface area contributed by atoms with Crippen molar-refractivity contribution in [2.45, 2.75) is 37.7 Å². The monoisotopic (exact) mass is 297 g/mol. The predicted molar refractivity (Wildman–Crippen MR) is 62.9 cm³/mol. The van der Waals surface area contributed by atoms with Gasteiger partial charge in [-0.1, -0.05) is 13.3 Å². The molecule has 0 spiro atoms. The number of carbonyl (C=O) groups is 1. The Hall–Kier alpha value is -0.340. The van der Waals surface area contributed by atoms with Crippen LogP contribution in [0.3, 0.4) is 0 Å². The Morgan fingerprint density at radius 1 is 1.42 bits per heavy atom. The quantitative estimate of drug-likeness (QED) is 0.358. The van der Waals surface area contributed by atoms with E-state index in [4.69, 9.17) is 4.42 Å². The Balaban J connectivity index is 0.00000324. The van der Waals surface area contributed by atoms with Crippen LogP contribution in [-0.2, 0) is 21.3 Å². The van der Waals surface area contributed by atoms with E-state index in [0.29, 0.717) is 12.3 Å². The fraction of sp³-hybridized carbons (Fsp3) is 0.545. The summed E-state index contributed by atoms with van der Waals surface area (Å²) in [6.07, 6.45) is 2.40. The molecule has 1 heterocycles. The molecule has 0 aromatic carbocycles. The fourth-order valence-electron chi connectivity index (χ4n) is 1.36. The van der Waals surface area contributed by atoms with E-state index in [9.17, 15) is 17.8 Å². The van der Waals surface area contributed by atoms with E-state index < -0.39 is 15.2 Å². The van der Waals surface area contributed by atoms with Gasteiger partial charge < -0.3 is 14.3 Å². The number of carbonyl (C=O) groups excluding carboxylic acids is 1. The zero-order valence-corrected chi connectivity index (χ0v) is 14.0. The van der Waals surface area contributed by atoms with Gasteiger partial charge in [0.05, 0.1) is 0 Å². The second-order valence-electron chi connectivity index (χ2n) is 3.88. The van der Waals surface area contributed by atoms with Crippen molar-refractivity contribution in [1.29, 1.82) is 0 Å². The molecule has 102 valence electrons. The second-order valence-corrected chi connectivity index (χ2v) is 5.19. The van der Waals surface area contributed by atoms with E-state index in [1.807, 2.05) is 6.92 Å². The Morgan fingerprint density at radius 3 is 2.63 bits per heavy atom. The van der Waals surface area contributed by atoms with E-state index in [0.717, 1.165) is 18.9 Å². The molecule has 19 heavy (non-hydrogen) atoms. The van der Waals surface area contributed by atoms with Crippen molar-refractivity contribution >= 4 is 16.0 Å². The van der Waals surface area contributed by atoms with E-state index in [2.05, 4.69) is 5.32 Å². The van der Waals surface area contributed by atoms with E-state index >= 15 is 0 Å². The van der Waals surface area contributed by atoms with Gasteiger partial charge in [0.15, 0.2) is 10.1 Å². The maximum absolute atomic E-state index is 11.4. The molecule has 0 aliphatic rings. The van der Waals surface area contributed by atoms with Crippen LogP contribution in [0.4, 0.5) is 0 Å². The van der Waals surface area contributed by atoms with Gasteiger partial charge in [-0.3, -0.25) is 4.79 Å². The maximum atomic E-state index is 11.4. The average Bonchev–Trinajstić information content (AvgIpc) is 2.75. The summed E-state index contributed by atoms with van der Waals surface area (Å²) in [6.45, 7) is 2.66. The molecule has 8 heteroatoms. The van der Waals surface area contributed by atoms with Crippen molar-refractivity contribution in [2.24, 2.45) is 0 Å². The van der Waals surface area contributed by atoms with Gasteiger partial charge in [-0.15, -0.1) is 0 Å². The molecule has 1 aromatic rings. The summed E-state index contributed by atoms with van der Waals surface area (Å²) in [5.41, 5.74) is 0. The number of rotatable bonds is 7. The van der Waals surface area contributed by atoms with Crippen LogP contribution >= 0.6 is 0 Å². The van der Waals surface area contributed by atoms with Crippen LogP contribution < -0.4 is 34.9 Å². The number of aryl methyl sites for hydroxylation is 1. The number of unbranched alkanes of at least 4 members (excludes halogenated alkanes) is 1. The molecule has 0 unspecified atom stereocenters. The van der Waals surface area contributed by atoms with E-state index in [1.165, 1.54) is 6.07 Å². The summed E-state index contributed by atoms with van der Waals surface area (Å²) in [5.74, 6) is 0.196. The van der Waals surface area contributed by atoms with Crippen molar-refractivity contribution < 1.29 is 51.7 Å². The standard InChI is InChI=1S/C11H17NO5S.Na/c1-2-3-8-12-10(13)6-4-9-5-7-11(17-9)18(14,15)16;/h5,7H,2-4,6,8H2,1H3,(H,12,13)(H,14,15,16);/q;+1/p-1. The first-order valence-electron chi connectivity index (χ1n) is 5.74. The third kappa shape index (κ3) is 7.12. The molecule has 0 saturated heterocycles. The normalized spacial score (nSPS) is 10.8. The number of nitrogens with one attached hydrogen (secondary N) is 1. The Kier molecular flexibility index (Phi) is 8.60. The zero-order valence-electron chi connectivity index (χ0n) is 11.1. The summed E-state index contributed by atoms with van der Waals surface area (Å²) < 4.78 is 36.7. The van der Waals surface area contributed by atoms with Crippen LogP contribution in [0.1, 0.15) is 31.9 Å². The van der Waals surface area contributed by atoms with Gasteiger partial charge in [0.25, 0.3) is 0 Å². The molecule has 0 fully saturated rings. The SMILES string of the molecule is CCCCNC(=O)CCc1ccc(S(=O)(=O)[O-])o1.[Na+]. The molecular weight excluding hydrogens is 281 g/mol. The third-order valence-corrected chi connectivity index (χ3v) is 3.05. The van der Waals surface area contributed by atoms with E-state index in [1.54, 1.807) is 0 Å². The van der Waals surface area contributed by atoms with Crippen molar-refractivity contribution in [3.63, 3.8) is 0 Å². The average molecular weight is 297 g/mol. The minimum absolute atomic E-state index is 0. The molecule has 1 rings (SSSR count). The van der Waals surface area contributed by atoms with Gasteiger partial charge in [-0.05, 0) is 18.6 Å². The summed E-state index contributed by atoms with van der Waals surface area (Å²) in [5, 5.41) is 2.12. The van der Waals surface area contributed by atoms with Crippen LogP contribution in [0.5, 0.6) is 0 Å².